The van der Waals surface area contributed by atoms with E-state index in [4.69, 9.17) is 4.42 Å². The Labute approximate surface area is 848 Å². The average molecular weight is 1870 g/mol. The van der Waals surface area contributed by atoms with Crippen LogP contribution in [0.4, 0.5) is 51.2 Å². The van der Waals surface area contributed by atoms with Crippen LogP contribution in [0.3, 0.4) is 0 Å². The molecule has 0 bridgehead atoms. The van der Waals surface area contributed by atoms with Crippen molar-refractivity contribution < 1.29 is 4.42 Å². The maximum Gasteiger partial charge on any atom is 0.159 e. The lowest BCUT2D eigenvalue weighted by Crippen LogP contribution is -2.44. The highest BCUT2D eigenvalue weighted by atomic mass is 32.1. The average Bonchev–Trinajstić information content (AvgIpc) is 1.70. The maximum absolute atomic E-state index is 6.47. The molecule has 0 radical (unpaired) electrons. The van der Waals surface area contributed by atoms with Crippen molar-refractivity contribution in [1.82, 2.24) is 0 Å². The molecule has 0 atom stereocenters. The van der Waals surface area contributed by atoms with Crippen molar-refractivity contribution >= 4 is 105 Å². The molecule has 19 aromatic carbocycles. The predicted octanol–water partition coefficient (Wildman–Crippen LogP) is 39.3. The molecule has 0 saturated carbocycles. The summed E-state index contributed by atoms with van der Waals surface area (Å²) in [6.07, 6.45) is 0. The normalized spacial score (nSPS) is 15.4. The zero-order valence-electron chi connectivity index (χ0n) is 84.8. The first kappa shape index (κ1) is 91.4. The Bertz CT molecular complexity index is 8510. The number of benzene rings is 19. The summed E-state index contributed by atoms with van der Waals surface area (Å²) in [5.74, 6) is 0. The highest BCUT2D eigenvalue weighted by Crippen LogP contribution is 2.62. The predicted molar refractivity (Wildman–Crippen MR) is 611 cm³/mol. The second-order valence-electron chi connectivity index (χ2n) is 43.9. The van der Waals surface area contributed by atoms with Crippen LogP contribution in [-0.2, 0) is 43.3 Å². The molecule has 0 aliphatic heterocycles. The molecule has 25 rings (SSSR count). The summed E-state index contributed by atoms with van der Waals surface area (Å²) in [6, 6.07) is 162. The summed E-state index contributed by atoms with van der Waals surface area (Å²) in [7, 11) is 0. The van der Waals surface area contributed by atoms with Crippen LogP contribution >= 0.6 is 11.3 Å². The number of furan rings is 1. The third kappa shape index (κ3) is 14.8. The Hall–Kier alpha value is -15.4. The molecule has 4 aliphatic carbocycles. The van der Waals surface area contributed by atoms with Crippen molar-refractivity contribution in [2.24, 2.45) is 0 Å². The van der Waals surface area contributed by atoms with Crippen molar-refractivity contribution in [3.63, 3.8) is 0 Å². The molecule has 4 nitrogen and oxygen atoms in total. The number of thiophene rings is 1. The van der Waals surface area contributed by atoms with Gasteiger partial charge in [-0.1, -0.05) is 426 Å². The highest BCUT2D eigenvalue weighted by molar-refractivity contribution is 7.26. The fourth-order valence-electron chi connectivity index (χ4n) is 24.2. The summed E-state index contributed by atoms with van der Waals surface area (Å²) < 4.78 is 9.10. The first-order valence-corrected chi connectivity index (χ1v) is 51.6. The second kappa shape index (κ2) is 34.8. The zero-order valence-corrected chi connectivity index (χ0v) is 85.6. The van der Waals surface area contributed by atoms with Gasteiger partial charge in [0, 0.05) is 81.6 Å². The standard InChI is InChI=1S/C54H51N.C42H35NO.C42H35NS/c1-51(2)47-28-16-15-25-43(47)46-35-41(30-32-49(46)52(51,3)4)55(39-22-13-10-14-23-39)40-24-17-21-37(33-40)38-29-31-48-45(34-38)44-27-18-26-42(36-19-11-9-12-20-36)50(44)54(7,8)53(48,5)6;1-41(2)36-18-10-8-15-32(36)35-27-29(23-26-37(35)42(41,3)4)28-21-24-31(25-22-28)43(30-13-6-5-7-14-30)38-19-12-17-34-33-16-9-11-20-39(33)44-40(34)38;1-41(2)35-23-10-8-19-32(35)33-22-13-21-31(40(33)42(41,3)4)28-15-12-18-30(27-28)43(29-16-6-5-7-17-29)36-24-14-26-38-39(36)34-20-9-11-25-37(34)44-38/h9-35H,1-8H3;2*5-27H,1-4H3. The van der Waals surface area contributed by atoms with Gasteiger partial charge in [0.25, 0.3) is 0 Å². The Morgan fingerprint density at radius 1 is 0.182 bits per heavy atom. The number of hydrogen-bond acceptors (Lipinski definition) is 5. The van der Waals surface area contributed by atoms with Gasteiger partial charge in [0.1, 0.15) is 5.58 Å². The van der Waals surface area contributed by atoms with Crippen LogP contribution < -0.4 is 14.7 Å². The van der Waals surface area contributed by atoms with Crippen LogP contribution in [0.25, 0.3) is 131 Å². The number of rotatable bonds is 13. The van der Waals surface area contributed by atoms with Crippen LogP contribution in [0.15, 0.2) is 447 Å². The zero-order chi connectivity index (χ0) is 98.4. The van der Waals surface area contributed by atoms with Crippen molar-refractivity contribution in [3.05, 3.63) is 487 Å². The molecule has 700 valence electrons. The Balaban J connectivity index is 0.000000120. The minimum atomic E-state index is -0.0838. The molecule has 2 aromatic heterocycles. The van der Waals surface area contributed by atoms with Crippen LogP contribution in [0.5, 0.6) is 0 Å². The van der Waals surface area contributed by atoms with Gasteiger partial charge in [-0.05, 0) is 293 Å². The highest BCUT2D eigenvalue weighted by Gasteiger charge is 2.51. The third-order valence-corrected chi connectivity index (χ3v) is 35.7. The van der Waals surface area contributed by atoms with E-state index in [2.05, 4.69) is 556 Å². The van der Waals surface area contributed by atoms with Crippen molar-refractivity contribution in [3.8, 4) is 89.0 Å². The van der Waals surface area contributed by atoms with Crippen molar-refractivity contribution in [2.45, 2.75) is 154 Å². The first-order chi connectivity index (χ1) is 69.0. The molecule has 143 heavy (non-hydrogen) atoms. The van der Waals surface area contributed by atoms with Gasteiger partial charge in [0.15, 0.2) is 5.58 Å². The molecule has 0 N–H and O–H groups in total. The Kier molecular flexibility index (Phi) is 22.2. The van der Waals surface area contributed by atoms with E-state index in [1.165, 1.54) is 159 Å². The molecule has 0 unspecified atom stereocenters. The summed E-state index contributed by atoms with van der Waals surface area (Å²) in [5.41, 5.74) is 43.7. The fraction of sp³-hybridized carbons (Fsp3) is 0.174. The lowest BCUT2D eigenvalue weighted by molar-refractivity contribution is 0.299. The van der Waals surface area contributed by atoms with Gasteiger partial charge in [0.05, 0.1) is 11.4 Å². The molecule has 0 spiro atoms. The molecule has 21 aromatic rings. The van der Waals surface area contributed by atoms with Crippen LogP contribution in [-0.4, -0.2) is 0 Å². The molecular formula is C138H121N3OS. The Morgan fingerprint density at radius 2 is 0.497 bits per heavy atom. The molecule has 0 fully saturated rings. The van der Waals surface area contributed by atoms with Crippen LogP contribution in [0.2, 0.25) is 0 Å². The summed E-state index contributed by atoms with van der Waals surface area (Å²) in [4.78, 5) is 7.15. The summed E-state index contributed by atoms with van der Waals surface area (Å²) in [6.45, 7) is 38.5. The van der Waals surface area contributed by atoms with Crippen LogP contribution in [0.1, 0.15) is 155 Å². The topological polar surface area (TPSA) is 22.9 Å². The number of anilines is 9. The van der Waals surface area contributed by atoms with E-state index in [0.717, 1.165) is 67.4 Å². The van der Waals surface area contributed by atoms with Crippen LogP contribution in [0, 0.1) is 0 Å². The molecule has 0 saturated heterocycles. The lowest BCUT2D eigenvalue weighted by atomic mass is 9.54. The van der Waals surface area contributed by atoms with Gasteiger partial charge in [-0.3, -0.25) is 0 Å². The summed E-state index contributed by atoms with van der Waals surface area (Å²) in [5, 5.41) is 4.86. The van der Waals surface area contributed by atoms with Gasteiger partial charge in [-0.2, -0.15) is 0 Å². The van der Waals surface area contributed by atoms with E-state index >= 15 is 0 Å². The quantitative estimate of drug-likeness (QED) is 0.115. The number of para-hydroxylation sites is 5. The van der Waals surface area contributed by atoms with Gasteiger partial charge in [-0.15, -0.1) is 11.3 Å². The van der Waals surface area contributed by atoms with E-state index in [1.807, 2.05) is 23.5 Å². The van der Waals surface area contributed by atoms with E-state index in [1.54, 1.807) is 0 Å². The van der Waals surface area contributed by atoms with Gasteiger partial charge in [-0.25, -0.2) is 0 Å². The number of hydrogen-bond donors (Lipinski definition) is 0. The SMILES string of the molecule is CC1(C)c2ccccc2-c2cc(-c3ccc(N(c4ccccc4)c4cccc5c4oc4ccccc45)cc3)ccc2C1(C)C.CC1(C)c2ccccc2-c2cc(N(c3ccccc3)c3cccc(-c4ccc5c(c4)-c4cccc(-c6ccccc6)c4C(C)(C)C5(C)C)c3)ccc2C1(C)C.CC1(C)c2ccccc2-c2cccc(-c3cccc(N(c4ccccc4)c4cccc5sc6ccccc6c45)c3)c2C1(C)C. The molecule has 5 heteroatoms. The third-order valence-electron chi connectivity index (χ3n) is 34.6. The molecule has 0 amide bonds. The monoisotopic (exact) mass is 1870 g/mol. The van der Waals surface area contributed by atoms with E-state index in [0.29, 0.717) is 0 Å². The van der Waals surface area contributed by atoms with E-state index in [-0.39, 0.29) is 43.3 Å². The van der Waals surface area contributed by atoms with E-state index in [9.17, 15) is 0 Å². The van der Waals surface area contributed by atoms with Gasteiger partial charge >= 0.3 is 0 Å². The van der Waals surface area contributed by atoms with Crippen molar-refractivity contribution in [1.29, 1.82) is 0 Å². The fourth-order valence-corrected chi connectivity index (χ4v) is 25.3. The minimum Gasteiger partial charge on any atom is -0.454 e. The molecule has 4 aliphatic rings. The Morgan fingerprint density at radius 3 is 1.06 bits per heavy atom. The molecule has 2 heterocycles. The first-order valence-electron chi connectivity index (χ1n) is 50.8. The van der Waals surface area contributed by atoms with Gasteiger partial charge in [0.2, 0.25) is 0 Å². The largest absolute Gasteiger partial charge is 0.454 e. The second-order valence-corrected chi connectivity index (χ2v) is 45.0. The summed E-state index contributed by atoms with van der Waals surface area (Å²) >= 11 is 1.87. The minimum absolute atomic E-state index is 0.00493. The lowest BCUT2D eigenvalue weighted by Gasteiger charge is -2.49. The number of fused-ring (bicyclic) bond motifs is 18. The van der Waals surface area contributed by atoms with E-state index < -0.39 is 0 Å². The maximum atomic E-state index is 6.47. The van der Waals surface area contributed by atoms with Gasteiger partial charge < -0.3 is 19.1 Å². The number of nitrogens with zero attached hydrogens (tertiary/aromatic N) is 3. The van der Waals surface area contributed by atoms with Crippen molar-refractivity contribution in [2.75, 3.05) is 14.7 Å². The molecular weight excluding hydrogens is 1750 g/mol. The smallest absolute Gasteiger partial charge is 0.159 e.